The fourth-order valence-electron chi connectivity index (χ4n) is 4.27. The maximum absolute atomic E-state index is 12.4. The van der Waals surface area contributed by atoms with Crippen LogP contribution in [0.2, 0.25) is 10.0 Å². The van der Waals surface area contributed by atoms with Gasteiger partial charge in [-0.15, -0.1) is 11.3 Å². The number of carbonyl (C=O) groups is 1. The van der Waals surface area contributed by atoms with E-state index in [1.54, 1.807) is 47.7 Å². The lowest BCUT2D eigenvalue weighted by Gasteiger charge is -2.33. The number of halogens is 2. The van der Waals surface area contributed by atoms with Gasteiger partial charge in [0.1, 0.15) is 22.6 Å². The van der Waals surface area contributed by atoms with Gasteiger partial charge in [0.15, 0.2) is 5.11 Å². The summed E-state index contributed by atoms with van der Waals surface area (Å²) in [5, 5.41) is 17.3. The molecule has 2 aromatic heterocycles. The lowest BCUT2D eigenvalue weighted by molar-refractivity contribution is -0.115. The number of hydrogen-bond donors (Lipinski definition) is 2. The zero-order valence-electron chi connectivity index (χ0n) is 20.1. The molecule has 5 nitrogen and oxygen atoms in total. The molecule has 0 spiro atoms. The van der Waals surface area contributed by atoms with Crippen molar-refractivity contribution >= 4 is 68.9 Å². The van der Waals surface area contributed by atoms with Crippen molar-refractivity contribution in [2.24, 2.45) is 11.3 Å². The number of thiocarbonyl (C=S) groups is 1. The molecular weight excluding hydrogens is 533 g/mol. The van der Waals surface area contributed by atoms with E-state index in [4.69, 9.17) is 39.8 Å². The van der Waals surface area contributed by atoms with Gasteiger partial charge < -0.3 is 9.73 Å². The summed E-state index contributed by atoms with van der Waals surface area (Å²) in [6.45, 7) is 6.78. The van der Waals surface area contributed by atoms with Crippen LogP contribution >= 0.6 is 46.8 Å². The third kappa shape index (κ3) is 6.19. The lowest BCUT2D eigenvalue weighted by Crippen LogP contribution is -2.32. The molecule has 36 heavy (non-hydrogen) atoms. The first-order valence-corrected chi connectivity index (χ1v) is 13.4. The number of furan rings is 1. The predicted molar refractivity (Wildman–Crippen MR) is 152 cm³/mol. The van der Waals surface area contributed by atoms with E-state index in [2.05, 4.69) is 37.5 Å². The number of amides is 1. The molecule has 4 rings (SSSR count). The zero-order chi connectivity index (χ0) is 26.0. The van der Waals surface area contributed by atoms with Crippen molar-refractivity contribution in [3.05, 3.63) is 68.2 Å². The van der Waals surface area contributed by atoms with Gasteiger partial charge in [0.05, 0.1) is 5.56 Å². The summed E-state index contributed by atoms with van der Waals surface area (Å²) in [6, 6.07) is 11.0. The van der Waals surface area contributed by atoms with Gasteiger partial charge in [0, 0.05) is 26.6 Å². The summed E-state index contributed by atoms with van der Waals surface area (Å²) in [4.78, 5) is 13.6. The number of nitrogens with one attached hydrogen (secondary N) is 2. The minimum Gasteiger partial charge on any atom is -0.457 e. The molecule has 186 valence electrons. The molecule has 0 saturated heterocycles. The number of rotatable bonds is 4. The molecule has 1 atom stereocenters. The monoisotopic (exact) mass is 557 g/mol. The molecule has 0 bridgehead atoms. The van der Waals surface area contributed by atoms with Crippen LogP contribution in [-0.2, 0) is 17.6 Å². The van der Waals surface area contributed by atoms with Crippen molar-refractivity contribution in [2.45, 2.75) is 40.0 Å². The standard InChI is InChI=1S/C27H25Cl2N3O2S2/c1-27(2,3)16-4-7-20-21(14-30)25(36-23(20)12-16)32-26(35)31-24(33)9-6-19-5-8-22(34-19)15-10-17(28)13-18(29)11-15/h5-6,8-11,13,16H,4,7,12H2,1-3H3,(H2,31,32,33,35)/b9-6+/t16-/m1/s1. The number of nitriles is 1. The maximum Gasteiger partial charge on any atom is 0.250 e. The van der Waals surface area contributed by atoms with E-state index in [1.165, 1.54) is 11.0 Å². The number of benzene rings is 1. The average Bonchev–Trinajstić information content (AvgIpc) is 3.40. The van der Waals surface area contributed by atoms with Crippen molar-refractivity contribution in [3.8, 4) is 17.4 Å². The second-order valence-electron chi connectivity index (χ2n) is 9.76. The van der Waals surface area contributed by atoms with Gasteiger partial charge in [-0.2, -0.15) is 5.26 Å². The van der Waals surface area contributed by atoms with Crippen LogP contribution < -0.4 is 10.6 Å². The molecular formula is C27H25Cl2N3O2S2. The van der Waals surface area contributed by atoms with Crippen LogP contribution in [0.5, 0.6) is 0 Å². The van der Waals surface area contributed by atoms with E-state index in [0.717, 1.165) is 30.4 Å². The number of thiophene rings is 1. The molecule has 1 amide bonds. The molecule has 3 aromatic rings. The van der Waals surface area contributed by atoms with Crippen molar-refractivity contribution in [1.29, 1.82) is 5.26 Å². The van der Waals surface area contributed by atoms with E-state index >= 15 is 0 Å². The Bertz CT molecular complexity index is 1370. The Morgan fingerprint density at radius 1 is 1.25 bits per heavy atom. The Kier molecular flexibility index (Phi) is 7.91. The van der Waals surface area contributed by atoms with Gasteiger partial charge in [0.2, 0.25) is 5.91 Å². The third-order valence-corrected chi connectivity index (χ3v) is 8.05. The molecule has 2 N–H and O–H groups in total. The zero-order valence-corrected chi connectivity index (χ0v) is 23.2. The summed E-state index contributed by atoms with van der Waals surface area (Å²) >= 11 is 19.0. The second-order valence-corrected chi connectivity index (χ2v) is 12.1. The SMILES string of the molecule is CC(C)(C)[C@@H]1CCc2c(sc(NC(=S)NC(=O)/C=C/c3ccc(-c4cc(Cl)cc(Cl)c4)o3)c2C#N)C1. The topological polar surface area (TPSA) is 78.1 Å². The molecule has 1 aliphatic carbocycles. The minimum absolute atomic E-state index is 0.140. The Morgan fingerprint density at radius 3 is 2.64 bits per heavy atom. The van der Waals surface area contributed by atoms with Gasteiger partial charge in [-0.05, 0) is 84.8 Å². The fourth-order valence-corrected chi connectivity index (χ4v) is 6.35. The average molecular weight is 559 g/mol. The Hall–Kier alpha value is -2.63. The molecule has 0 aliphatic heterocycles. The molecule has 0 unspecified atom stereocenters. The first-order valence-electron chi connectivity index (χ1n) is 11.4. The van der Waals surface area contributed by atoms with Crippen molar-refractivity contribution in [2.75, 3.05) is 5.32 Å². The highest BCUT2D eigenvalue weighted by Gasteiger charge is 2.32. The first-order chi connectivity index (χ1) is 17.0. The van der Waals surface area contributed by atoms with Crippen LogP contribution in [0.1, 0.15) is 49.0 Å². The first kappa shape index (κ1) is 26.4. The fraction of sp³-hybridized carbons (Fsp3) is 0.296. The molecule has 1 aliphatic rings. The maximum atomic E-state index is 12.4. The number of anilines is 1. The highest BCUT2D eigenvalue weighted by atomic mass is 35.5. The normalized spacial score (nSPS) is 15.4. The Morgan fingerprint density at radius 2 is 1.97 bits per heavy atom. The molecule has 9 heteroatoms. The van der Waals surface area contributed by atoms with E-state index in [9.17, 15) is 10.1 Å². The summed E-state index contributed by atoms with van der Waals surface area (Å²) in [7, 11) is 0. The number of fused-ring (bicyclic) bond motifs is 1. The molecule has 1 aromatic carbocycles. The quantitative estimate of drug-likeness (QED) is 0.252. The van der Waals surface area contributed by atoms with Crippen LogP contribution in [0, 0.1) is 22.7 Å². The van der Waals surface area contributed by atoms with E-state index in [1.807, 2.05) is 0 Å². The minimum atomic E-state index is -0.413. The van der Waals surface area contributed by atoms with E-state index in [0.29, 0.717) is 38.0 Å². The van der Waals surface area contributed by atoms with Gasteiger partial charge >= 0.3 is 0 Å². The summed E-state index contributed by atoms with van der Waals surface area (Å²) in [5.74, 6) is 1.22. The molecule has 2 heterocycles. The van der Waals surface area contributed by atoms with Crippen molar-refractivity contribution in [3.63, 3.8) is 0 Å². The highest BCUT2D eigenvalue weighted by molar-refractivity contribution is 7.80. The van der Waals surface area contributed by atoms with Crippen LogP contribution in [0.3, 0.4) is 0 Å². The Balaban J connectivity index is 1.38. The summed E-state index contributed by atoms with van der Waals surface area (Å²) < 4.78 is 5.77. The predicted octanol–water partition coefficient (Wildman–Crippen LogP) is 7.86. The number of hydrogen-bond acceptors (Lipinski definition) is 5. The molecule has 0 fully saturated rings. The van der Waals surface area contributed by atoms with Gasteiger partial charge in [-0.1, -0.05) is 44.0 Å². The Labute approximate surface area is 230 Å². The number of carbonyl (C=O) groups excluding carboxylic acids is 1. The smallest absolute Gasteiger partial charge is 0.250 e. The molecule has 0 radical (unpaired) electrons. The third-order valence-electron chi connectivity index (χ3n) is 6.24. The van der Waals surface area contributed by atoms with E-state index < -0.39 is 5.91 Å². The molecule has 0 saturated carbocycles. The second kappa shape index (κ2) is 10.8. The largest absolute Gasteiger partial charge is 0.457 e. The van der Waals surface area contributed by atoms with E-state index in [-0.39, 0.29) is 10.5 Å². The van der Waals surface area contributed by atoms with Crippen molar-refractivity contribution < 1.29 is 9.21 Å². The lowest BCUT2D eigenvalue weighted by atomic mass is 9.72. The number of nitrogens with zero attached hydrogens (tertiary/aromatic N) is 1. The highest BCUT2D eigenvalue weighted by Crippen LogP contribution is 2.44. The van der Waals surface area contributed by atoms with Gasteiger partial charge in [-0.25, -0.2) is 0 Å². The summed E-state index contributed by atoms with van der Waals surface area (Å²) in [6.07, 6.45) is 5.78. The van der Waals surface area contributed by atoms with Gasteiger partial charge in [0.25, 0.3) is 0 Å². The summed E-state index contributed by atoms with van der Waals surface area (Å²) in [5.41, 5.74) is 2.68. The van der Waals surface area contributed by atoms with Gasteiger partial charge in [-0.3, -0.25) is 10.1 Å². The van der Waals surface area contributed by atoms with Crippen molar-refractivity contribution in [1.82, 2.24) is 5.32 Å². The van der Waals surface area contributed by atoms with Crippen LogP contribution in [0.15, 0.2) is 40.8 Å². The van der Waals surface area contributed by atoms with Crippen LogP contribution in [-0.4, -0.2) is 11.0 Å². The van der Waals surface area contributed by atoms with Crippen LogP contribution in [0.25, 0.3) is 17.4 Å². The van der Waals surface area contributed by atoms with Crippen LogP contribution in [0.4, 0.5) is 5.00 Å².